The van der Waals surface area contributed by atoms with Crippen molar-refractivity contribution in [3.63, 3.8) is 0 Å². The van der Waals surface area contributed by atoms with Gasteiger partial charge in [0.2, 0.25) is 5.16 Å². The number of nitrogens with zero attached hydrogens (tertiary/aromatic N) is 4. The summed E-state index contributed by atoms with van der Waals surface area (Å²) in [7, 11) is 1.49. The first-order chi connectivity index (χ1) is 10.6. The molecule has 0 saturated heterocycles. The van der Waals surface area contributed by atoms with Gasteiger partial charge in [0.05, 0.1) is 35.2 Å². The highest BCUT2D eigenvalue weighted by molar-refractivity contribution is 7.99. The number of rotatable bonds is 6. The number of aromatic nitrogens is 4. The molecule has 1 aromatic carbocycles. The number of esters is 1. The summed E-state index contributed by atoms with van der Waals surface area (Å²) in [6.45, 7) is 2.07. The van der Waals surface area contributed by atoms with E-state index in [1.54, 1.807) is 19.1 Å². The second kappa shape index (κ2) is 7.66. The molecule has 0 aliphatic carbocycles. The molecule has 0 spiro atoms. The highest BCUT2D eigenvalue weighted by Gasteiger charge is 2.16. The van der Waals surface area contributed by atoms with Crippen LogP contribution < -0.4 is 4.74 Å². The van der Waals surface area contributed by atoms with Crippen LogP contribution in [-0.2, 0) is 9.53 Å². The maximum absolute atomic E-state index is 11.4. The number of hydrogen-bond donors (Lipinski definition) is 0. The summed E-state index contributed by atoms with van der Waals surface area (Å²) in [5.41, 5.74) is 0.499. The van der Waals surface area contributed by atoms with Crippen LogP contribution in [0.25, 0.3) is 5.69 Å². The molecule has 0 aliphatic heterocycles. The SMILES string of the molecule is CCOC(=O)CSc1nnnn1-c1cc(OC)c(Cl)cc1Cl. The molecule has 0 unspecified atom stereocenters. The third kappa shape index (κ3) is 3.82. The molecule has 2 rings (SSSR count). The average molecular weight is 363 g/mol. The Kier molecular flexibility index (Phi) is 5.87. The zero-order valence-electron chi connectivity index (χ0n) is 11.7. The Balaban J connectivity index is 2.27. The quantitative estimate of drug-likeness (QED) is 0.577. The van der Waals surface area contributed by atoms with E-state index in [9.17, 15) is 4.79 Å². The average Bonchev–Trinajstić information content (AvgIpc) is 2.94. The molecule has 118 valence electrons. The minimum absolute atomic E-state index is 0.0938. The molecule has 22 heavy (non-hydrogen) atoms. The Labute approximate surface area is 140 Å². The van der Waals surface area contributed by atoms with Crippen molar-refractivity contribution in [2.75, 3.05) is 19.5 Å². The van der Waals surface area contributed by atoms with Crippen molar-refractivity contribution in [3.05, 3.63) is 22.2 Å². The summed E-state index contributed by atoms with van der Waals surface area (Å²) >= 11 is 13.3. The van der Waals surface area contributed by atoms with Crippen molar-refractivity contribution in [1.29, 1.82) is 0 Å². The third-order valence-electron chi connectivity index (χ3n) is 2.51. The fourth-order valence-corrected chi connectivity index (χ4v) is 2.81. The van der Waals surface area contributed by atoms with Gasteiger partial charge in [0.25, 0.3) is 0 Å². The molecule has 0 fully saturated rings. The van der Waals surface area contributed by atoms with Crippen molar-refractivity contribution < 1.29 is 14.3 Å². The van der Waals surface area contributed by atoms with E-state index in [-0.39, 0.29) is 11.7 Å². The maximum Gasteiger partial charge on any atom is 0.316 e. The summed E-state index contributed by atoms with van der Waals surface area (Å²) in [6, 6.07) is 3.16. The van der Waals surface area contributed by atoms with Gasteiger partial charge in [-0.05, 0) is 23.4 Å². The fraction of sp³-hybridized carbons (Fsp3) is 0.333. The van der Waals surface area contributed by atoms with Crippen molar-refractivity contribution in [2.45, 2.75) is 12.1 Å². The van der Waals surface area contributed by atoms with Crippen molar-refractivity contribution >= 4 is 40.9 Å². The maximum atomic E-state index is 11.4. The molecule has 0 amide bonds. The van der Waals surface area contributed by atoms with E-state index in [4.69, 9.17) is 32.7 Å². The number of thioether (sulfide) groups is 1. The zero-order valence-corrected chi connectivity index (χ0v) is 14.1. The first-order valence-corrected chi connectivity index (χ1v) is 7.91. The van der Waals surface area contributed by atoms with Gasteiger partial charge in [0.15, 0.2) is 0 Å². The summed E-state index contributed by atoms with van der Waals surface area (Å²) in [4.78, 5) is 11.4. The second-order valence-electron chi connectivity index (χ2n) is 3.91. The predicted molar refractivity (Wildman–Crippen MR) is 83.1 cm³/mol. The molecule has 0 atom stereocenters. The van der Waals surface area contributed by atoms with Gasteiger partial charge in [0, 0.05) is 6.07 Å². The van der Waals surface area contributed by atoms with Gasteiger partial charge in [-0.2, -0.15) is 4.68 Å². The van der Waals surface area contributed by atoms with E-state index in [0.29, 0.717) is 33.2 Å². The van der Waals surface area contributed by atoms with Gasteiger partial charge < -0.3 is 9.47 Å². The van der Waals surface area contributed by atoms with Crippen LogP contribution in [0.3, 0.4) is 0 Å². The lowest BCUT2D eigenvalue weighted by Crippen LogP contribution is -2.08. The molecule has 1 aromatic heterocycles. The summed E-state index contributed by atoms with van der Waals surface area (Å²) in [6.07, 6.45) is 0. The van der Waals surface area contributed by atoms with Crippen LogP contribution in [0.2, 0.25) is 10.0 Å². The Bertz CT molecular complexity index is 680. The molecule has 10 heteroatoms. The van der Waals surface area contributed by atoms with E-state index in [2.05, 4.69) is 15.5 Å². The number of ether oxygens (including phenoxy) is 2. The number of tetrazole rings is 1. The van der Waals surface area contributed by atoms with Crippen LogP contribution in [-0.4, -0.2) is 45.6 Å². The second-order valence-corrected chi connectivity index (χ2v) is 5.66. The van der Waals surface area contributed by atoms with Crippen LogP contribution in [0, 0.1) is 0 Å². The molecule has 0 N–H and O–H groups in total. The summed E-state index contributed by atoms with van der Waals surface area (Å²) in [5, 5.41) is 12.5. The van der Waals surface area contributed by atoms with Crippen LogP contribution in [0.15, 0.2) is 17.3 Å². The molecule has 0 aliphatic rings. The number of methoxy groups -OCH3 is 1. The smallest absolute Gasteiger partial charge is 0.316 e. The van der Waals surface area contributed by atoms with E-state index in [1.807, 2.05) is 0 Å². The van der Waals surface area contributed by atoms with Gasteiger partial charge in [-0.3, -0.25) is 4.79 Å². The Morgan fingerprint density at radius 2 is 2.14 bits per heavy atom. The third-order valence-corrected chi connectivity index (χ3v) is 4.01. The number of hydrogen-bond acceptors (Lipinski definition) is 7. The highest BCUT2D eigenvalue weighted by Crippen LogP contribution is 2.33. The van der Waals surface area contributed by atoms with E-state index in [1.165, 1.54) is 11.8 Å². The lowest BCUT2D eigenvalue weighted by atomic mass is 10.3. The van der Waals surface area contributed by atoms with Gasteiger partial charge in [0.1, 0.15) is 5.75 Å². The monoisotopic (exact) mass is 362 g/mol. The van der Waals surface area contributed by atoms with Gasteiger partial charge in [-0.1, -0.05) is 35.0 Å². The van der Waals surface area contributed by atoms with Gasteiger partial charge in [-0.25, -0.2) is 0 Å². The lowest BCUT2D eigenvalue weighted by molar-refractivity contribution is -0.139. The minimum atomic E-state index is -0.346. The fourth-order valence-electron chi connectivity index (χ4n) is 1.58. The predicted octanol–water partition coefficient (Wildman–Crippen LogP) is 2.63. The highest BCUT2D eigenvalue weighted by atomic mass is 35.5. The first-order valence-electron chi connectivity index (χ1n) is 6.17. The lowest BCUT2D eigenvalue weighted by Gasteiger charge is -2.09. The van der Waals surface area contributed by atoms with Crippen LogP contribution in [0.1, 0.15) is 6.92 Å². The van der Waals surface area contributed by atoms with E-state index < -0.39 is 0 Å². The topological polar surface area (TPSA) is 79.1 Å². The van der Waals surface area contributed by atoms with Crippen molar-refractivity contribution in [1.82, 2.24) is 20.2 Å². The molecule has 0 bridgehead atoms. The van der Waals surface area contributed by atoms with Crippen LogP contribution in [0.4, 0.5) is 0 Å². The largest absolute Gasteiger partial charge is 0.495 e. The molecule has 0 saturated carbocycles. The first kappa shape index (κ1) is 16.9. The van der Waals surface area contributed by atoms with Crippen molar-refractivity contribution in [3.8, 4) is 11.4 Å². The van der Waals surface area contributed by atoms with E-state index >= 15 is 0 Å². The molecular weight excluding hydrogens is 351 g/mol. The Hall–Kier alpha value is -1.51. The Morgan fingerprint density at radius 3 is 2.82 bits per heavy atom. The van der Waals surface area contributed by atoms with Gasteiger partial charge in [-0.15, -0.1) is 5.10 Å². The standard InChI is InChI=1S/C12H12Cl2N4O3S/c1-3-21-11(19)6-22-12-15-16-17-18(12)9-5-10(20-2)8(14)4-7(9)13/h4-5H,3,6H2,1-2H3. The number of carbonyl (C=O) groups is 1. The van der Waals surface area contributed by atoms with Crippen LogP contribution in [0.5, 0.6) is 5.75 Å². The molecular formula is C12H12Cl2N4O3S. The summed E-state index contributed by atoms with van der Waals surface area (Å²) in [5.74, 6) is 0.191. The normalized spacial score (nSPS) is 10.5. The number of benzene rings is 1. The number of carbonyl (C=O) groups excluding carboxylic acids is 1. The Morgan fingerprint density at radius 1 is 1.36 bits per heavy atom. The van der Waals surface area contributed by atoms with Gasteiger partial charge >= 0.3 is 5.97 Å². The molecule has 0 radical (unpaired) electrons. The van der Waals surface area contributed by atoms with Crippen LogP contribution >= 0.6 is 35.0 Å². The van der Waals surface area contributed by atoms with E-state index in [0.717, 1.165) is 11.8 Å². The molecule has 1 heterocycles. The molecule has 7 nitrogen and oxygen atoms in total. The number of halogens is 2. The minimum Gasteiger partial charge on any atom is -0.495 e. The van der Waals surface area contributed by atoms with Crippen molar-refractivity contribution in [2.24, 2.45) is 0 Å². The zero-order chi connectivity index (χ0) is 16.1. The molecule has 2 aromatic rings. The summed E-state index contributed by atoms with van der Waals surface area (Å²) < 4.78 is 11.4.